The highest BCUT2D eigenvalue weighted by atomic mass is 35.5. The van der Waals surface area contributed by atoms with Crippen molar-refractivity contribution >= 4 is 34.3 Å². The monoisotopic (exact) mass is 454 g/mol. The van der Waals surface area contributed by atoms with Gasteiger partial charge in [0.1, 0.15) is 5.82 Å². The van der Waals surface area contributed by atoms with Crippen LogP contribution < -0.4 is 5.56 Å². The van der Waals surface area contributed by atoms with Crippen LogP contribution in [-0.4, -0.2) is 43.7 Å². The molecule has 1 N–H and O–H groups in total. The van der Waals surface area contributed by atoms with Crippen LogP contribution in [0.15, 0.2) is 58.5 Å². The van der Waals surface area contributed by atoms with Crippen LogP contribution >= 0.6 is 23.4 Å². The third kappa shape index (κ3) is 4.81. The van der Waals surface area contributed by atoms with E-state index in [1.54, 1.807) is 18.2 Å². The van der Waals surface area contributed by atoms with Crippen molar-refractivity contribution in [2.24, 2.45) is 0 Å². The molecule has 0 aliphatic heterocycles. The first-order chi connectivity index (χ1) is 14.9. The third-order valence-corrected chi connectivity index (χ3v) is 6.35. The number of nitrogens with one attached hydrogen (secondary N) is 1. The van der Waals surface area contributed by atoms with E-state index in [1.165, 1.54) is 17.3 Å². The summed E-state index contributed by atoms with van der Waals surface area (Å²) in [6, 6.07) is 15.4. The highest BCUT2D eigenvalue weighted by Crippen LogP contribution is 2.26. The zero-order chi connectivity index (χ0) is 22.0. The Morgan fingerprint density at radius 1 is 1.16 bits per heavy atom. The van der Waals surface area contributed by atoms with Gasteiger partial charge in [-0.1, -0.05) is 53.7 Å². The van der Waals surface area contributed by atoms with E-state index in [0.29, 0.717) is 34.0 Å². The first-order valence-corrected chi connectivity index (χ1v) is 11.2. The summed E-state index contributed by atoms with van der Waals surface area (Å²) in [6.07, 6.45) is 0. The molecule has 0 radical (unpaired) electrons. The number of thioether (sulfide) groups is 1. The molecule has 2 aromatic heterocycles. The van der Waals surface area contributed by atoms with Crippen molar-refractivity contribution < 1.29 is 0 Å². The standard InChI is InChI=1S/C22H23ClN6OS/c1-14(28(2)3)20-26-27-22(29(20)12-15-7-5-4-6-8-15)31-13-19-24-18-11-16(23)9-10-17(18)21(30)25-19/h4-11,14H,12-13H2,1-3H3,(H,24,25,30)/t14-/m0/s1. The van der Waals surface area contributed by atoms with Crippen LogP contribution in [0.25, 0.3) is 10.9 Å². The zero-order valence-corrected chi connectivity index (χ0v) is 19.1. The number of H-pyrrole nitrogens is 1. The fourth-order valence-corrected chi connectivity index (χ4v) is 4.21. The molecule has 0 aliphatic rings. The van der Waals surface area contributed by atoms with Gasteiger partial charge in [0.25, 0.3) is 5.56 Å². The van der Waals surface area contributed by atoms with Crippen molar-refractivity contribution in [3.8, 4) is 0 Å². The van der Waals surface area contributed by atoms with Crippen LogP contribution in [0.4, 0.5) is 0 Å². The molecule has 0 aliphatic carbocycles. The van der Waals surface area contributed by atoms with E-state index in [9.17, 15) is 4.79 Å². The molecule has 0 amide bonds. The first kappa shape index (κ1) is 21.5. The molecule has 2 heterocycles. The Kier molecular flexibility index (Phi) is 6.41. The van der Waals surface area contributed by atoms with Gasteiger partial charge in [0.2, 0.25) is 0 Å². The maximum absolute atomic E-state index is 12.4. The van der Waals surface area contributed by atoms with Gasteiger partial charge in [0.05, 0.1) is 29.2 Å². The molecule has 31 heavy (non-hydrogen) atoms. The molecule has 0 fully saturated rings. The molecule has 4 rings (SSSR count). The maximum atomic E-state index is 12.4. The summed E-state index contributed by atoms with van der Waals surface area (Å²) in [5, 5.41) is 10.8. The first-order valence-electron chi connectivity index (χ1n) is 9.87. The molecule has 0 saturated carbocycles. The Morgan fingerprint density at radius 3 is 2.68 bits per heavy atom. The predicted octanol–water partition coefficient (Wildman–Crippen LogP) is 4.13. The lowest BCUT2D eigenvalue weighted by Crippen LogP contribution is -2.21. The van der Waals surface area contributed by atoms with Crippen molar-refractivity contribution in [1.82, 2.24) is 29.6 Å². The summed E-state index contributed by atoms with van der Waals surface area (Å²) < 4.78 is 2.13. The zero-order valence-electron chi connectivity index (χ0n) is 17.5. The maximum Gasteiger partial charge on any atom is 0.258 e. The van der Waals surface area contributed by atoms with Gasteiger partial charge in [-0.2, -0.15) is 0 Å². The second-order valence-corrected chi connectivity index (χ2v) is 8.89. The molecule has 4 aromatic rings. The second-order valence-electron chi connectivity index (χ2n) is 7.51. The summed E-state index contributed by atoms with van der Waals surface area (Å²) in [5.74, 6) is 1.92. The minimum absolute atomic E-state index is 0.103. The number of rotatable bonds is 7. The Bertz CT molecular complexity index is 1250. The summed E-state index contributed by atoms with van der Waals surface area (Å²) in [7, 11) is 4.04. The van der Waals surface area contributed by atoms with Crippen LogP contribution in [0, 0.1) is 0 Å². The van der Waals surface area contributed by atoms with Crippen LogP contribution in [0.1, 0.15) is 30.2 Å². The van der Waals surface area contributed by atoms with Gasteiger partial charge in [-0.15, -0.1) is 10.2 Å². The number of hydrogen-bond acceptors (Lipinski definition) is 6. The Hall–Kier alpha value is -2.68. The molecule has 1 atom stereocenters. The average Bonchev–Trinajstić information content (AvgIpc) is 3.14. The molecule has 0 saturated heterocycles. The van der Waals surface area contributed by atoms with E-state index >= 15 is 0 Å². The lowest BCUT2D eigenvalue weighted by atomic mass is 10.2. The Morgan fingerprint density at radius 2 is 1.94 bits per heavy atom. The normalized spacial score (nSPS) is 12.5. The predicted molar refractivity (Wildman–Crippen MR) is 125 cm³/mol. The van der Waals surface area contributed by atoms with Gasteiger partial charge in [0, 0.05) is 5.02 Å². The Labute approximate surface area is 189 Å². The number of aromatic amines is 1. The SMILES string of the molecule is C[C@@H](c1nnc(SCc2nc3cc(Cl)ccc3c(=O)[nH]2)n1Cc1ccccc1)N(C)C. The largest absolute Gasteiger partial charge is 0.309 e. The van der Waals surface area contributed by atoms with Crippen molar-refractivity contribution in [2.45, 2.75) is 30.4 Å². The molecule has 0 bridgehead atoms. The lowest BCUT2D eigenvalue weighted by Gasteiger charge is -2.20. The van der Waals surface area contributed by atoms with Crippen molar-refractivity contribution in [2.75, 3.05) is 14.1 Å². The number of fused-ring (bicyclic) bond motifs is 1. The van der Waals surface area contributed by atoms with E-state index in [1.807, 2.05) is 32.3 Å². The topological polar surface area (TPSA) is 79.7 Å². The molecule has 160 valence electrons. The minimum Gasteiger partial charge on any atom is -0.309 e. The number of benzene rings is 2. The molecular weight excluding hydrogens is 432 g/mol. The number of nitrogens with zero attached hydrogens (tertiary/aromatic N) is 5. The molecule has 7 nitrogen and oxygen atoms in total. The second kappa shape index (κ2) is 9.21. The summed E-state index contributed by atoms with van der Waals surface area (Å²) in [5.41, 5.74) is 1.58. The van der Waals surface area contributed by atoms with E-state index in [0.717, 1.165) is 11.0 Å². The van der Waals surface area contributed by atoms with E-state index in [-0.39, 0.29) is 11.6 Å². The summed E-state index contributed by atoms with van der Waals surface area (Å²) >= 11 is 7.56. The highest BCUT2D eigenvalue weighted by molar-refractivity contribution is 7.98. The van der Waals surface area contributed by atoms with Crippen molar-refractivity contribution in [3.05, 3.63) is 81.1 Å². The smallest absolute Gasteiger partial charge is 0.258 e. The van der Waals surface area contributed by atoms with Gasteiger partial charge >= 0.3 is 0 Å². The molecule has 9 heteroatoms. The molecule has 2 aromatic carbocycles. The Balaban J connectivity index is 1.64. The van der Waals surface area contributed by atoms with E-state index in [4.69, 9.17) is 11.6 Å². The van der Waals surface area contributed by atoms with Gasteiger partial charge in [-0.05, 0) is 44.8 Å². The number of halogens is 1. The molecular formula is C22H23ClN6OS. The van der Waals surface area contributed by atoms with Crippen LogP contribution in [0.3, 0.4) is 0 Å². The van der Waals surface area contributed by atoms with Gasteiger partial charge in [0.15, 0.2) is 11.0 Å². The average molecular weight is 455 g/mol. The fourth-order valence-electron chi connectivity index (χ4n) is 3.22. The lowest BCUT2D eigenvalue weighted by molar-refractivity contribution is 0.300. The summed E-state index contributed by atoms with van der Waals surface area (Å²) in [6.45, 7) is 2.77. The van der Waals surface area contributed by atoms with E-state index < -0.39 is 0 Å². The quantitative estimate of drug-likeness (QED) is 0.423. The van der Waals surface area contributed by atoms with Gasteiger partial charge in [-0.3, -0.25) is 9.69 Å². The van der Waals surface area contributed by atoms with Gasteiger partial charge in [-0.25, -0.2) is 4.98 Å². The molecule has 0 spiro atoms. The molecule has 0 unspecified atom stereocenters. The summed E-state index contributed by atoms with van der Waals surface area (Å²) in [4.78, 5) is 21.9. The highest BCUT2D eigenvalue weighted by Gasteiger charge is 2.20. The fraction of sp³-hybridized carbons (Fsp3) is 0.273. The van der Waals surface area contributed by atoms with Crippen LogP contribution in [0.5, 0.6) is 0 Å². The van der Waals surface area contributed by atoms with Crippen molar-refractivity contribution in [1.29, 1.82) is 0 Å². The number of hydrogen-bond donors (Lipinski definition) is 1. The van der Waals surface area contributed by atoms with E-state index in [2.05, 4.69) is 48.7 Å². The van der Waals surface area contributed by atoms with Crippen LogP contribution in [0.2, 0.25) is 5.02 Å². The number of aromatic nitrogens is 5. The minimum atomic E-state index is -0.176. The van der Waals surface area contributed by atoms with Gasteiger partial charge < -0.3 is 9.55 Å². The third-order valence-electron chi connectivity index (χ3n) is 5.13. The van der Waals surface area contributed by atoms with Crippen molar-refractivity contribution in [3.63, 3.8) is 0 Å². The van der Waals surface area contributed by atoms with Crippen LogP contribution in [-0.2, 0) is 12.3 Å².